The number of hydrogen-bond acceptors (Lipinski definition) is 3. The molecule has 2 rings (SSSR count). The lowest BCUT2D eigenvalue weighted by molar-refractivity contribution is 0.676. The molecule has 0 aliphatic carbocycles. The third-order valence-corrected chi connectivity index (χ3v) is 3.86. The third-order valence-electron chi connectivity index (χ3n) is 2.93. The van der Waals surface area contributed by atoms with E-state index in [4.69, 9.17) is 0 Å². The van der Waals surface area contributed by atoms with Crippen LogP contribution in [0.2, 0.25) is 0 Å². The fourth-order valence-electron chi connectivity index (χ4n) is 2.07. The van der Waals surface area contributed by atoms with E-state index in [-0.39, 0.29) is 0 Å². The molecule has 2 aromatic rings. The van der Waals surface area contributed by atoms with Crippen molar-refractivity contribution in [2.75, 3.05) is 6.54 Å². The van der Waals surface area contributed by atoms with Crippen molar-refractivity contribution in [3.05, 3.63) is 39.8 Å². The summed E-state index contributed by atoms with van der Waals surface area (Å²) in [5, 5.41) is 10.2. The minimum absolute atomic E-state index is 0.486. The second-order valence-electron chi connectivity index (χ2n) is 4.87. The Morgan fingerprint density at radius 3 is 2.94 bits per heavy atom. The second kappa shape index (κ2) is 6.16. The highest BCUT2D eigenvalue weighted by atomic mass is 32.1. The Kier molecular flexibility index (Phi) is 4.55. The molecule has 0 unspecified atom stereocenters. The quantitative estimate of drug-likeness (QED) is 0.812. The Morgan fingerprint density at radius 1 is 1.44 bits per heavy atom. The van der Waals surface area contributed by atoms with E-state index in [9.17, 15) is 0 Å². The minimum atomic E-state index is 0.486. The maximum absolute atomic E-state index is 4.52. The molecule has 18 heavy (non-hydrogen) atoms. The normalized spacial score (nSPS) is 11.3. The molecular formula is C14H21N3S. The Hall–Kier alpha value is -1.13. The van der Waals surface area contributed by atoms with Gasteiger partial charge in [0, 0.05) is 36.8 Å². The van der Waals surface area contributed by atoms with Crippen molar-refractivity contribution in [1.29, 1.82) is 0 Å². The number of nitrogens with zero attached hydrogens (tertiary/aromatic N) is 2. The summed E-state index contributed by atoms with van der Waals surface area (Å²) >= 11 is 1.82. The summed E-state index contributed by atoms with van der Waals surface area (Å²) in [5.41, 5.74) is 2.53. The van der Waals surface area contributed by atoms with Crippen molar-refractivity contribution in [2.45, 2.75) is 32.7 Å². The van der Waals surface area contributed by atoms with Crippen LogP contribution in [0.5, 0.6) is 0 Å². The number of rotatable bonds is 6. The van der Waals surface area contributed by atoms with Crippen LogP contribution in [0.4, 0.5) is 0 Å². The van der Waals surface area contributed by atoms with Crippen molar-refractivity contribution in [1.82, 2.24) is 15.1 Å². The van der Waals surface area contributed by atoms with Crippen molar-refractivity contribution in [3.8, 4) is 0 Å². The number of nitrogens with one attached hydrogen (secondary N) is 1. The van der Waals surface area contributed by atoms with Crippen molar-refractivity contribution in [3.63, 3.8) is 0 Å². The minimum Gasteiger partial charge on any atom is -0.312 e. The van der Waals surface area contributed by atoms with Gasteiger partial charge in [0.2, 0.25) is 0 Å². The molecule has 0 spiro atoms. The third kappa shape index (κ3) is 3.43. The Balaban J connectivity index is 1.83. The van der Waals surface area contributed by atoms with E-state index < -0.39 is 0 Å². The van der Waals surface area contributed by atoms with Gasteiger partial charge in [0.15, 0.2) is 0 Å². The lowest BCUT2D eigenvalue weighted by Crippen LogP contribution is -2.17. The summed E-state index contributed by atoms with van der Waals surface area (Å²) in [7, 11) is 1.99. The molecule has 1 N–H and O–H groups in total. The Labute approximate surface area is 113 Å². The molecule has 2 aromatic heterocycles. The number of hydrogen-bond donors (Lipinski definition) is 1. The number of aryl methyl sites for hydroxylation is 1. The van der Waals surface area contributed by atoms with E-state index in [1.165, 1.54) is 16.1 Å². The predicted octanol–water partition coefficient (Wildman–Crippen LogP) is 2.94. The summed E-state index contributed by atoms with van der Waals surface area (Å²) in [6, 6.07) is 4.30. The molecular weight excluding hydrogens is 242 g/mol. The van der Waals surface area contributed by atoms with Crippen LogP contribution in [0, 0.1) is 0 Å². The van der Waals surface area contributed by atoms with Gasteiger partial charge in [-0.1, -0.05) is 19.9 Å². The first-order chi connectivity index (χ1) is 8.66. The fraction of sp³-hybridized carbons (Fsp3) is 0.500. The molecule has 0 saturated carbocycles. The summed E-state index contributed by atoms with van der Waals surface area (Å²) in [6.07, 6.45) is 3.22. The van der Waals surface area contributed by atoms with Crippen molar-refractivity contribution in [2.24, 2.45) is 7.05 Å². The maximum atomic E-state index is 4.52. The highest BCUT2D eigenvalue weighted by Crippen LogP contribution is 2.17. The van der Waals surface area contributed by atoms with Crippen LogP contribution in [0.15, 0.2) is 23.7 Å². The first-order valence-corrected chi connectivity index (χ1v) is 7.30. The summed E-state index contributed by atoms with van der Waals surface area (Å²) in [4.78, 5) is 1.44. The van der Waals surface area contributed by atoms with Crippen LogP contribution >= 0.6 is 11.3 Å². The molecule has 0 saturated heterocycles. The summed E-state index contributed by atoms with van der Waals surface area (Å²) in [6.45, 7) is 6.31. The van der Waals surface area contributed by atoms with E-state index >= 15 is 0 Å². The van der Waals surface area contributed by atoms with Gasteiger partial charge >= 0.3 is 0 Å². The maximum Gasteiger partial charge on any atom is 0.0694 e. The van der Waals surface area contributed by atoms with Gasteiger partial charge in [-0.05, 0) is 23.8 Å². The van der Waals surface area contributed by atoms with Gasteiger partial charge in [0.1, 0.15) is 0 Å². The topological polar surface area (TPSA) is 29.9 Å². The largest absolute Gasteiger partial charge is 0.312 e. The van der Waals surface area contributed by atoms with E-state index in [0.29, 0.717) is 5.92 Å². The van der Waals surface area contributed by atoms with Gasteiger partial charge < -0.3 is 5.32 Å². The number of thiophene rings is 1. The Morgan fingerprint density at radius 2 is 2.28 bits per heavy atom. The van der Waals surface area contributed by atoms with Crippen LogP contribution in [-0.2, 0) is 20.0 Å². The Bertz CT molecular complexity index is 471. The van der Waals surface area contributed by atoms with Gasteiger partial charge in [0.25, 0.3) is 0 Å². The molecule has 0 aliphatic heterocycles. The highest BCUT2D eigenvalue weighted by Gasteiger charge is 2.10. The van der Waals surface area contributed by atoms with Crippen LogP contribution < -0.4 is 5.32 Å². The lowest BCUT2D eigenvalue weighted by Gasteiger charge is -2.06. The second-order valence-corrected chi connectivity index (χ2v) is 5.91. The molecule has 0 aromatic carbocycles. The van der Waals surface area contributed by atoms with Crippen LogP contribution in [-0.4, -0.2) is 16.3 Å². The molecule has 98 valence electrons. The van der Waals surface area contributed by atoms with Crippen molar-refractivity contribution >= 4 is 11.3 Å². The zero-order valence-electron chi connectivity index (χ0n) is 11.3. The molecule has 2 heterocycles. The van der Waals surface area contributed by atoms with E-state index in [0.717, 1.165) is 19.5 Å². The molecule has 0 radical (unpaired) electrons. The van der Waals surface area contributed by atoms with Gasteiger partial charge in [-0.3, -0.25) is 4.68 Å². The summed E-state index contributed by atoms with van der Waals surface area (Å²) in [5.74, 6) is 0.486. The highest BCUT2D eigenvalue weighted by molar-refractivity contribution is 7.09. The first-order valence-electron chi connectivity index (χ1n) is 6.42. The standard InChI is InChI=1S/C14H21N3S/c1-11(2)14-12(10-17(3)16-14)9-15-7-6-13-5-4-8-18-13/h4-5,8,10-11,15H,6-7,9H2,1-3H3. The number of aromatic nitrogens is 2. The van der Waals surface area contributed by atoms with Gasteiger partial charge in [-0.25, -0.2) is 0 Å². The van der Waals surface area contributed by atoms with Crippen LogP contribution in [0.3, 0.4) is 0 Å². The van der Waals surface area contributed by atoms with E-state index in [1.54, 1.807) is 0 Å². The molecule has 4 heteroatoms. The van der Waals surface area contributed by atoms with Crippen LogP contribution in [0.1, 0.15) is 35.9 Å². The average Bonchev–Trinajstić information content (AvgIpc) is 2.93. The molecule has 0 bridgehead atoms. The molecule has 0 atom stereocenters. The van der Waals surface area contributed by atoms with Gasteiger partial charge in [0.05, 0.1) is 5.69 Å². The molecule has 0 aliphatic rings. The lowest BCUT2D eigenvalue weighted by atomic mass is 10.1. The zero-order chi connectivity index (χ0) is 13.0. The summed E-state index contributed by atoms with van der Waals surface area (Å²) < 4.78 is 1.91. The molecule has 0 fully saturated rings. The van der Waals surface area contributed by atoms with E-state index in [2.05, 4.69) is 48.0 Å². The zero-order valence-corrected chi connectivity index (χ0v) is 12.1. The average molecular weight is 263 g/mol. The monoisotopic (exact) mass is 263 g/mol. The predicted molar refractivity (Wildman–Crippen MR) is 77.0 cm³/mol. The van der Waals surface area contributed by atoms with Gasteiger partial charge in [-0.15, -0.1) is 11.3 Å². The smallest absolute Gasteiger partial charge is 0.0694 e. The van der Waals surface area contributed by atoms with Gasteiger partial charge in [-0.2, -0.15) is 5.10 Å². The first kappa shape index (κ1) is 13.3. The molecule has 0 amide bonds. The van der Waals surface area contributed by atoms with Crippen molar-refractivity contribution < 1.29 is 0 Å². The van der Waals surface area contributed by atoms with Crippen LogP contribution in [0.25, 0.3) is 0 Å². The van der Waals surface area contributed by atoms with E-state index in [1.807, 2.05) is 23.1 Å². The fourth-order valence-corrected chi connectivity index (χ4v) is 2.78. The SMILES string of the molecule is CC(C)c1nn(C)cc1CNCCc1cccs1. The molecule has 3 nitrogen and oxygen atoms in total.